The first-order valence-electron chi connectivity index (χ1n) is 16.0. The normalized spacial score (nSPS) is 20.9. The van der Waals surface area contributed by atoms with Crippen molar-refractivity contribution in [1.82, 2.24) is 18.8 Å². The smallest absolute Gasteiger partial charge is 0.261 e. The Morgan fingerprint density at radius 2 is 1.81 bits per heavy atom. The number of rotatable bonds is 9. The second-order valence-corrected chi connectivity index (χ2v) is 16.3. The molecule has 2 aromatic carbocycles. The topological polar surface area (TPSA) is 160 Å². The summed E-state index contributed by atoms with van der Waals surface area (Å²) in [6.45, 7) is 7.48. The van der Waals surface area contributed by atoms with Crippen LogP contribution in [0.3, 0.4) is 0 Å². The maximum atomic E-state index is 14.4. The minimum atomic E-state index is -3.96. The largest absolute Gasteiger partial charge is 0.490 e. The highest BCUT2D eigenvalue weighted by molar-refractivity contribution is 7.92. The zero-order chi connectivity index (χ0) is 35.2. The summed E-state index contributed by atoms with van der Waals surface area (Å²) in [5.41, 5.74) is 1.22. The van der Waals surface area contributed by atoms with Crippen LogP contribution in [0.1, 0.15) is 56.0 Å². The molecule has 0 saturated heterocycles. The Hall–Kier alpha value is -3.50. The number of aliphatic hydroxyl groups is 1. The maximum absolute atomic E-state index is 14.4. The van der Waals surface area contributed by atoms with Crippen molar-refractivity contribution in [2.24, 2.45) is 13.0 Å². The zero-order valence-electron chi connectivity index (χ0n) is 28.4. The SMILES string of the molecule is Cc1ccc(S(=O)(=O)Nc2ccc3c(c2)C(=O)N([C@@H](C)CO)C[C@@H](C)[C@@H](CN(C)S(=O)(=O)c2cn(C)cn2)OCCCC[C@@H](C)O3)cc1. The fourth-order valence-electron chi connectivity index (χ4n) is 5.41. The van der Waals surface area contributed by atoms with Gasteiger partial charge in [-0.1, -0.05) is 24.6 Å². The summed E-state index contributed by atoms with van der Waals surface area (Å²) in [6.07, 6.45) is 4.10. The number of amides is 1. The van der Waals surface area contributed by atoms with E-state index < -0.39 is 38.1 Å². The van der Waals surface area contributed by atoms with Gasteiger partial charge in [-0.05, 0) is 70.4 Å². The Labute approximate surface area is 284 Å². The van der Waals surface area contributed by atoms with Crippen LogP contribution >= 0.6 is 0 Å². The number of hydrogen-bond donors (Lipinski definition) is 2. The number of anilines is 1. The van der Waals surface area contributed by atoms with Crippen LogP contribution in [0.4, 0.5) is 5.69 Å². The number of imidazole rings is 1. The molecule has 4 rings (SSSR count). The van der Waals surface area contributed by atoms with E-state index in [1.807, 2.05) is 20.8 Å². The molecule has 1 aromatic heterocycles. The van der Waals surface area contributed by atoms with Gasteiger partial charge in [-0.25, -0.2) is 21.8 Å². The minimum Gasteiger partial charge on any atom is -0.490 e. The second kappa shape index (κ2) is 15.8. The molecule has 1 aliphatic rings. The van der Waals surface area contributed by atoms with Crippen LogP contribution in [0.15, 0.2) is 64.9 Å². The van der Waals surface area contributed by atoms with Gasteiger partial charge in [0.15, 0.2) is 5.03 Å². The molecule has 0 aliphatic carbocycles. The Kier molecular flexibility index (Phi) is 12.3. The van der Waals surface area contributed by atoms with Gasteiger partial charge >= 0.3 is 0 Å². The first-order valence-corrected chi connectivity index (χ1v) is 18.9. The van der Waals surface area contributed by atoms with E-state index in [1.165, 1.54) is 47.0 Å². The highest BCUT2D eigenvalue weighted by Gasteiger charge is 2.33. The monoisotopic (exact) mass is 705 g/mol. The van der Waals surface area contributed by atoms with Crippen LogP contribution in [0.2, 0.25) is 0 Å². The Morgan fingerprint density at radius 3 is 2.46 bits per heavy atom. The van der Waals surface area contributed by atoms with Gasteiger partial charge in [-0.3, -0.25) is 9.52 Å². The summed E-state index contributed by atoms with van der Waals surface area (Å²) in [7, 11) is -4.71. The van der Waals surface area contributed by atoms with Gasteiger partial charge in [-0.15, -0.1) is 0 Å². The Bertz CT molecular complexity index is 1760. The molecule has 3 aromatic rings. The van der Waals surface area contributed by atoms with Crippen LogP contribution in [0, 0.1) is 12.8 Å². The van der Waals surface area contributed by atoms with Crippen molar-refractivity contribution >= 4 is 31.6 Å². The Morgan fingerprint density at radius 1 is 1.10 bits per heavy atom. The number of nitrogens with one attached hydrogen (secondary N) is 1. The number of aromatic nitrogens is 2. The third kappa shape index (κ3) is 9.14. The number of ether oxygens (including phenoxy) is 2. The van der Waals surface area contributed by atoms with E-state index in [0.29, 0.717) is 25.2 Å². The van der Waals surface area contributed by atoms with Crippen LogP contribution < -0.4 is 9.46 Å². The van der Waals surface area contributed by atoms with Crippen molar-refractivity contribution < 1.29 is 36.2 Å². The number of likely N-dealkylation sites (N-methyl/N-ethyl adjacent to an activating group) is 1. The molecule has 4 atom stereocenters. The van der Waals surface area contributed by atoms with Gasteiger partial charge in [0.1, 0.15) is 5.75 Å². The van der Waals surface area contributed by atoms with Gasteiger partial charge in [0.05, 0.1) is 41.6 Å². The molecular weight excluding hydrogens is 659 g/mol. The van der Waals surface area contributed by atoms with Gasteiger partial charge in [0.25, 0.3) is 26.0 Å². The predicted molar refractivity (Wildman–Crippen MR) is 182 cm³/mol. The average Bonchev–Trinajstić information content (AvgIpc) is 3.49. The average molecular weight is 706 g/mol. The van der Waals surface area contributed by atoms with Crippen molar-refractivity contribution in [2.75, 3.05) is 38.1 Å². The number of carbonyl (C=O) groups excluding carboxylic acids is 1. The van der Waals surface area contributed by atoms with E-state index in [1.54, 1.807) is 42.8 Å². The van der Waals surface area contributed by atoms with Gasteiger partial charge in [0, 0.05) is 51.6 Å². The first-order chi connectivity index (χ1) is 22.6. The lowest BCUT2D eigenvalue weighted by Gasteiger charge is -2.35. The quantitative estimate of drug-likeness (QED) is 0.339. The third-order valence-corrected chi connectivity index (χ3v) is 11.5. The van der Waals surface area contributed by atoms with E-state index in [-0.39, 0.29) is 52.9 Å². The molecule has 0 spiro atoms. The molecule has 15 heteroatoms. The van der Waals surface area contributed by atoms with E-state index >= 15 is 0 Å². The molecule has 0 bridgehead atoms. The van der Waals surface area contributed by atoms with Gasteiger partial charge in [-0.2, -0.15) is 4.31 Å². The molecule has 48 heavy (non-hydrogen) atoms. The molecule has 1 amide bonds. The number of carbonyl (C=O) groups is 1. The fraction of sp³-hybridized carbons (Fsp3) is 0.515. The predicted octanol–water partition coefficient (Wildman–Crippen LogP) is 3.65. The Balaban J connectivity index is 1.68. The van der Waals surface area contributed by atoms with E-state index in [2.05, 4.69) is 9.71 Å². The number of fused-ring (bicyclic) bond motifs is 1. The number of benzene rings is 2. The lowest BCUT2D eigenvalue weighted by molar-refractivity contribution is -0.00835. The molecule has 1 aliphatic heterocycles. The first kappa shape index (κ1) is 37.3. The van der Waals surface area contributed by atoms with Crippen molar-refractivity contribution in [3.63, 3.8) is 0 Å². The van der Waals surface area contributed by atoms with Gasteiger partial charge < -0.3 is 24.0 Å². The molecule has 13 nitrogen and oxygen atoms in total. The lowest BCUT2D eigenvalue weighted by atomic mass is 10.0. The number of nitrogens with zero attached hydrogens (tertiary/aromatic N) is 4. The highest BCUT2D eigenvalue weighted by atomic mass is 32.2. The summed E-state index contributed by atoms with van der Waals surface area (Å²) in [6, 6.07) is 10.4. The molecule has 2 N–H and O–H groups in total. The summed E-state index contributed by atoms with van der Waals surface area (Å²) in [5, 5.41) is 10.1. The number of sulfonamides is 2. The molecule has 0 fully saturated rings. The van der Waals surface area contributed by atoms with Crippen LogP contribution in [-0.4, -0.2) is 98.2 Å². The summed E-state index contributed by atoms with van der Waals surface area (Å²) < 4.78 is 70.9. The second-order valence-electron chi connectivity index (χ2n) is 12.6. The maximum Gasteiger partial charge on any atom is 0.261 e. The molecule has 0 radical (unpaired) electrons. The lowest BCUT2D eigenvalue weighted by Crippen LogP contribution is -2.48. The van der Waals surface area contributed by atoms with Crippen molar-refractivity contribution in [3.8, 4) is 5.75 Å². The van der Waals surface area contributed by atoms with E-state index in [0.717, 1.165) is 12.0 Å². The summed E-state index contributed by atoms with van der Waals surface area (Å²) in [4.78, 5) is 19.9. The number of aryl methyl sites for hydroxylation is 2. The molecule has 0 saturated carbocycles. The van der Waals surface area contributed by atoms with Gasteiger partial charge in [0.2, 0.25) is 0 Å². The van der Waals surface area contributed by atoms with Crippen LogP contribution in [0.25, 0.3) is 0 Å². The third-order valence-electron chi connectivity index (χ3n) is 8.43. The highest BCUT2D eigenvalue weighted by Crippen LogP contribution is 2.30. The molecule has 264 valence electrons. The van der Waals surface area contributed by atoms with E-state index in [4.69, 9.17) is 9.47 Å². The summed E-state index contributed by atoms with van der Waals surface area (Å²) >= 11 is 0. The number of aliphatic hydroxyl groups excluding tert-OH is 1. The van der Waals surface area contributed by atoms with Crippen LogP contribution in [0.5, 0.6) is 5.75 Å². The van der Waals surface area contributed by atoms with Crippen LogP contribution in [-0.2, 0) is 31.8 Å². The van der Waals surface area contributed by atoms with E-state index in [9.17, 15) is 26.7 Å². The number of hydrogen-bond acceptors (Lipinski definition) is 9. The van der Waals surface area contributed by atoms with Crippen molar-refractivity contribution in [2.45, 2.75) is 75.1 Å². The van der Waals surface area contributed by atoms with Crippen molar-refractivity contribution in [1.29, 1.82) is 0 Å². The molecular formula is C33H47N5O8S2. The van der Waals surface area contributed by atoms with Crippen molar-refractivity contribution in [3.05, 3.63) is 66.1 Å². The minimum absolute atomic E-state index is 0.0106. The molecule has 0 unspecified atom stereocenters. The zero-order valence-corrected chi connectivity index (χ0v) is 30.0. The summed E-state index contributed by atoms with van der Waals surface area (Å²) in [5.74, 6) is -0.564. The standard InChI is InChI=1S/C33H47N5O8S2/c1-23-10-13-28(14-11-23)47(41,42)35-27-12-15-30-29(17-27)33(40)38(25(3)21-39)18-24(2)31(45-16-8-7-9-26(4)46-30)19-37(6)48(43,44)32-20-36(5)22-34-32/h10-15,17,20,22,24-26,31,35,39H,7-9,16,18-19,21H2,1-6H3/t24-,25+,26-,31-/m1/s1. The molecule has 2 heterocycles. The fourth-order valence-corrected chi connectivity index (χ4v) is 7.61.